The number of ketones is 1. The van der Waals surface area contributed by atoms with Crippen LogP contribution in [-0.2, 0) is 38.7 Å². The Morgan fingerprint density at radius 2 is 2.08 bits per heavy atom. The lowest BCUT2D eigenvalue weighted by Gasteiger charge is -2.35. The van der Waals surface area contributed by atoms with Crippen LogP contribution in [0.1, 0.15) is 56.5 Å². The fourth-order valence-electron chi connectivity index (χ4n) is 5.72. The highest BCUT2D eigenvalue weighted by atomic mass is 32.2. The van der Waals surface area contributed by atoms with Crippen molar-refractivity contribution in [3.63, 3.8) is 0 Å². The van der Waals surface area contributed by atoms with Crippen LogP contribution in [0, 0.1) is 5.92 Å². The van der Waals surface area contributed by atoms with Gasteiger partial charge in [0.2, 0.25) is 17.7 Å². The summed E-state index contributed by atoms with van der Waals surface area (Å²) in [5, 5.41) is 16.2. The van der Waals surface area contributed by atoms with Crippen molar-refractivity contribution in [1.29, 1.82) is 0 Å². The maximum absolute atomic E-state index is 13.6. The minimum atomic E-state index is -0.607. The van der Waals surface area contributed by atoms with Crippen molar-refractivity contribution < 1.29 is 19.2 Å². The van der Waals surface area contributed by atoms with Crippen LogP contribution in [-0.4, -0.2) is 71.1 Å². The number of Topliss-reactive ketones (excluding diaryl/α,β-unsaturated/α-hetero) is 1. The molecule has 0 radical (unpaired) electrons. The van der Waals surface area contributed by atoms with Crippen molar-refractivity contribution in [1.82, 2.24) is 35.5 Å². The Balaban J connectivity index is 1.35. The van der Waals surface area contributed by atoms with E-state index >= 15 is 0 Å². The number of carbonyl (C=O) groups is 4. The maximum atomic E-state index is 13.6. The van der Waals surface area contributed by atoms with Crippen molar-refractivity contribution >= 4 is 35.3 Å². The van der Waals surface area contributed by atoms with E-state index in [9.17, 15) is 19.2 Å². The molecule has 36 heavy (non-hydrogen) atoms. The van der Waals surface area contributed by atoms with Crippen molar-refractivity contribution in [2.24, 2.45) is 5.92 Å². The molecule has 3 N–H and O–H groups in total. The molecule has 0 spiro atoms. The molecule has 0 bridgehead atoms. The molecule has 4 heterocycles. The van der Waals surface area contributed by atoms with E-state index in [2.05, 4.69) is 26.0 Å². The quantitative estimate of drug-likeness (QED) is 0.535. The van der Waals surface area contributed by atoms with Gasteiger partial charge >= 0.3 is 0 Å². The third-order valence-electron chi connectivity index (χ3n) is 7.53. The molecule has 11 nitrogen and oxygen atoms in total. The summed E-state index contributed by atoms with van der Waals surface area (Å²) in [6.07, 6.45) is 4.93. The summed E-state index contributed by atoms with van der Waals surface area (Å²) in [5.41, 5.74) is 2.59. The highest BCUT2D eigenvalue weighted by Crippen LogP contribution is 2.41. The topological polar surface area (TPSA) is 142 Å². The highest BCUT2D eigenvalue weighted by Gasteiger charge is 2.49. The Kier molecular flexibility index (Phi) is 6.39. The predicted molar refractivity (Wildman–Crippen MR) is 132 cm³/mol. The number of amides is 3. The summed E-state index contributed by atoms with van der Waals surface area (Å²) >= 11 is 1.57. The maximum Gasteiger partial charge on any atom is 0.244 e. The van der Waals surface area contributed by atoms with Crippen LogP contribution in [0.5, 0.6) is 0 Å². The van der Waals surface area contributed by atoms with E-state index in [1.807, 2.05) is 30.7 Å². The van der Waals surface area contributed by atoms with E-state index in [4.69, 9.17) is 0 Å². The number of aryl methyl sites for hydroxylation is 1. The number of carbonyl (C=O) groups excluding carboxylic acids is 4. The van der Waals surface area contributed by atoms with Crippen molar-refractivity contribution in [3.05, 3.63) is 35.4 Å². The number of aromatic nitrogens is 4. The first-order valence-electron chi connectivity index (χ1n) is 12.2. The van der Waals surface area contributed by atoms with Gasteiger partial charge < -0.3 is 20.1 Å². The molecule has 1 fully saturated rings. The SMILES string of the molecule is CC(=O)N1CSC(C)(C)[C@H]1C(=O)N[C@H]1CCc2ccn3c2C1C(=O)C[C@H](C(=O)NCc1cn[nH]n1)C3. The third-order valence-corrected chi connectivity index (χ3v) is 8.91. The van der Waals surface area contributed by atoms with Gasteiger partial charge in [-0.1, -0.05) is 0 Å². The number of hydrogen-bond acceptors (Lipinski definition) is 7. The fraction of sp³-hybridized carbons (Fsp3) is 0.583. The van der Waals surface area contributed by atoms with Crippen LogP contribution in [0.3, 0.4) is 0 Å². The summed E-state index contributed by atoms with van der Waals surface area (Å²) in [4.78, 5) is 53.9. The number of aromatic amines is 1. The number of nitrogens with zero attached hydrogens (tertiary/aromatic N) is 4. The summed E-state index contributed by atoms with van der Waals surface area (Å²) in [7, 11) is 0. The summed E-state index contributed by atoms with van der Waals surface area (Å²) in [6.45, 7) is 6.04. The second kappa shape index (κ2) is 9.38. The van der Waals surface area contributed by atoms with E-state index < -0.39 is 28.7 Å². The molecule has 2 aromatic heterocycles. The highest BCUT2D eigenvalue weighted by molar-refractivity contribution is 8.00. The molecule has 2 aliphatic heterocycles. The zero-order valence-electron chi connectivity index (χ0n) is 20.6. The van der Waals surface area contributed by atoms with Crippen LogP contribution < -0.4 is 10.6 Å². The van der Waals surface area contributed by atoms with Crippen LogP contribution in [0.4, 0.5) is 0 Å². The molecule has 12 heteroatoms. The van der Waals surface area contributed by atoms with Gasteiger partial charge in [0.1, 0.15) is 17.5 Å². The first-order chi connectivity index (χ1) is 17.2. The second-order valence-corrected chi connectivity index (χ2v) is 11.9. The van der Waals surface area contributed by atoms with Gasteiger partial charge in [0, 0.05) is 42.6 Å². The number of thioether (sulfide) groups is 1. The average molecular weight is 514 g/mol. The van der Waals surface area contributed by atoms with Crippen LogP contribution in [0.2, 0.25) is 0 Å². The molecule has 3 amide bonds. The zero-order valence-corrected chi connectivity index (χ0v) is 21.4. The molecule has 0 aromatic carbocycles. The number of nitrogens with one attached hydrogen (secondary N) is 3. The van der Waals surface area contributed by atoms with Crippen LogP contribution in [0.15, 0.2) is 18.5 Å². The van der Waals surface area contributed by atoms with Crippen LogP contribution >= 0.6 is 11.8 Å². The molecular formula is C24H31N7O4S. The smallest absolute Gasteiger partial charge is 0.244 e. The largest absolute Gasteiger partial charge is 0.350 e. The average Bonchev–Trinajstić information content (AvgIpc) is 3.53. The van der Waals surface area contributed by atoms with Gasteiger partial charge in [0.25, 0.3) is 0 Å². The fourth-order valence-corrected chi connectivity index (χ4v) is 6.91. The van der Waals surface area contributed by atoms with E-state index in [0.29, 0.717) is 24.5 Å². The van der Waals surface area contributed by atoms with Crippen molar-refractivity contribution in [2.45, 2.75) is 75.9 Å². The van der Waals surface area contributed by atoms with Crippen molar-refractivity contribution in [3.8, 4) is 0 Å². The Hall–Kier alpha value is -3.15. The van der Waals surface area contributed by atoms with Crippen molar-refractivity contribution in [2.75, 3.05) is 5.88 Å². The third kappa shape index (κ3) is 4.42. The molecule has 1 saturated heterocycles. The van der Waals surface area contributed by atoms with Gasteiger partial charge in [0.15, 0.2) is 0 Å². The Bertz CT molecular complexity index is 1190. The van der Waals surface area contributed by atoms with Gasteiger partial charge in [-0.15, -0.1) is 11.8 Å². The number of hydrogen-bond donors (Lipinski definition) is 3. The predicted octanol–water partition coefficient (Wildman–Crippen LogP) is 0.726. The standard InChI is InChI=1S/C24H31N7O4S/c1-13(32)31-12-36-24(2,3)21(31)23(35)27-17-5-4-14-6-7-30-11-15(8-18(33)19(17)20(14)30)22(34)25-9-16-10-26-29-28-16/h6-7,10,15,17,19,21H,4-5,8-9,11-12H2,1-3H3,(H,25,34)(H,27,35)(H,26,28,29)/t15-,17-,19?,21+/m0/s1. The summed E-state index contributed by atoms with van der Waals surface area (Å²) in [5.74, 6) is -1.22. The lowest BCUT2D eigenvalue weighted by atomic mass is 9.79. The molecular weight excluding hydrogens is 482 g/mol. The van der Waals surface area contributed by atoms with E-state index in [0.717, 1.165) is 17.7 Å². The van der Waals surface area contributed by atoms with E-state index in [-0.39, 0.29) is 36.5 Å². The van der Waals surface area contributed by atoms with Gasteiger partial charge in [0.05, 0.1) is 30.5 Å². The molecule has 5 rings (SSSR count). The van der Waals surface area contributed by atoms with Gasteiger partial charge in [-0.2, -0.15) is 15.4 Å². The first-order valence-corrected chi connectivity index (χ1v) is 13.2. The molecule has 192 valence electrons. The Morgan fingerprint density at radius 3 is 2.81 bits per heavy atom. The lowest BCUT2D eigenvalue weighted by molar-refractivity contribution is -0.138. The van der Waals surface area contributed by atoms with Gasteiger partial charge in [-0.3, -0.25) is 19.2 Å². The van der Waals surface area contributed by atoms with Gasteiger partial charge in [-0.25, -0.2) is 0 Å². The van der Waals surface area contributed by atoms with Gasteiger partial charge in [-0.05, 0) is 38.3 Å². The summed E-state index contributed by atoms with van der Waals surface area (Å²) in [6, 6.07) is 1.01. The normalized spacial score (nSPS) is 26.8. The molecule has 1 aliphatic carbocycles. The number of H-pyrrole nitrogens is 1. The van der Waals surface area contributed by atoms with Crippen LogP contribution in [0.25, 0.3) is 0 Å². The summed E-state index contributed by atoms with van der Waals surface area (Å²) < 4.78 is 1.57. The monoisotopic (exact) mass is 513 g/mol. The molecule has 4 atom stereocenters. The first kappa shape index (κ1) is 24.5. The van der Waals surface area contributed by atoms with E-state index in [1.165, 1.54) is 13.1 Å². The number of rotatable bonds is 5. The molecule has 2 aromatic rings. The Morgan fingerprint density at radius 1 is 1.28 bits per heavy atom. The van der Waals surface area contributed by atoms with E-state index in [1.54, 1.807) is 16.7 Å². The second-order valence-electron chi connectivity index (χ2n) is 10.3. The minimum Gasteiger partial charge on any atom is -0.350 e. The zero-order chi connectivity index (χ0) is 25.6. The molecule has 0 saturated carbocycles. The minimum absolute atomic E-state index is 0.0521. The molecule has 1 unspecified atom stereocenters. The Labute approximate surface area is 213 Å². The molecule has 3 aliphatic rings. The lowest BCUT2D eigenvalue weighted by Crippen LogP contribution is -2.56.